The molecule has 0 aliphatic carbocycles. The van der Waals surface area contributed by atoms with Crippen LogP contribution in [0.3, 0.4) is 0 Å². The van der Waals surface area contributed by atoms with Crippen molar-refractivity contribution < 1.29 is 9.47 Å². The third kappa shape index (κ3) is 3.04. The molecule has 0 atom stereocenters. The van der Waals surface area contributed by atoms with Crippen LogP contribution in [0.5, 0.6) is 5.75 Å². The number of rotatable bonds is 5. The van der Waals surface area contributed by atoms with E-state index in [0.717, 1.165) is 5.75 Å². The van der Waals surface area contributed by atoms with Gasteiger partial charge in [-0.2, -0.15) is 0 Å². The predicted molar refractivity (Wildman–Crippen MR) is 54.0 cm³/mol. The second-order valence-electron chi connectivity index (χ2n) is 2.43. The largest absolute Gasteiger partial charge is 0.490 e. The molecule has 1 aromatic rings. The number of methoxy groups -OCH3 is 2. The minimum Gasteiger partial charge on any atom is -0.490 e. The average molecular weight is 216 g/mol. The van der Waals surface area contributed by atoms with Crippen molar-refractivity contribution in [3.05, 3.63) is 16.6 Å². The highest BCUT2D eigenvalue weighted by molar-refractivity contribution is 7.99. The van der Waals surface area contributed by atoms with Gasteiger partial charge in [-0.1, -0.05) is 11.8 Å². The van der Waals surface area contributed by atoms with Crippen molar-refractivity contribution in [2.75, 3.05) is 26.6 Å². The lowest BCUT2D eigenvalue weighted by Gasteiger charge is -2.01. The Morgan fingerprint density at radius 3 is 2.93 bits per heavy atom. The first-order chi connectivity index (χ1) is 6.77. The first-order valence-corrected chi connectivity index (χ1v) is 5.01. The third-order valence-corrected chi connectivity index (χ3v) is 2.34. The van der Waals surface area contributed by atoms with Crippen LogP contribution < -0.4 is 10.3 Å². The van der Waals surface area contributed by atoms with Crippen LogP contribution in [0.15, 0.2) is 16.1 Å². The second kappa shape index (κ2) is 5.66. The van der Waals surface area contributed by atoms with Gasteiger partial charge in [0.1, 0.15) is 0 Å². The molecule has 78 valence electrons. The van der Waals surface area contributed by atoms with Gasteiger partial charge < -0.3 is 9.47 Å². The summed E-state index contributed by atoms with van der Waals surface area (Å²) in [5.41, 5.74) is -0.262. The highest BCUT2D eigenvalue weighted by Crippen LogP contribution is 2.11. The molecule has 0 aliphatic rings. The van der Waals surface area contributed by atoms with Crippen molar-refractivity contribution in [1.82, 2.24) is 9.97 Å². The van der Waals surface area contributed by atoms with Crippen LogP contribution in [-0.4, -0.2) is 36.5 Å². The van der Waals surface area contributed by atoms with Crippen molar-refractivity contribution in [2.45, 2.75) is 5.16 Å². The smallest absolute Gasteiger partial charge is 0.293 e. The minimum absolute atomic E-state index is 0.223. The Morgan fingerprint density at radius 2 is 2.36 bits per heavy atom. The molecule has 0 aliphatic heterocycles. The van der Waals surface area contributed by atoms with E-state index in [2.05, 4.69) is 9.97 Å². The number of ether oxygens (including phenoxy) is 2. The lowest BCUT2D eigenvalue weighted by atomic mass is 10.6. The van der Waals surface area contributed by atoms with Gasteiger partial charge in [0.2, 0.25) is 5.75 Å². The van der Waals surface area contributed by atoms with Gasteiger partial charge in [-0.25, -0.2) is 4.98 Å². The summed E-state index contributed by atoms with van der Waals surface area (Å²) in [4.78, 5) is 17.8. The molecule has 1 heterocycles. The van der Waals surface area contributed by atoms with Gasteiger partial charge in [-0.3, -0.25) is 9.78 Å². The minimum atomic E-state index is -0.262. The van der Waals surface area contributed by atoms with E-state index < -0.39 is 0 Å². The fraction of sp³-hybridized carbons (Fsp3) is 0.500. The predicted octanol–water partition coefficient (Wildman–Crippen LogP) is 0.517. The number of aromatic amines is 1. The molecule has 1 rings (SSSR count). The summed E-state index contributed by atoms with van der Waals surface area (Å²) in [7, 11) is 3.06. The fourth-order valence-corrected chi connectivity index (χ4v) is 1.54. The zero-order valence-electron chi connectivity index (χ0n) is 8.07. The molecule has 0 unspecified atom stereocenters. The van der Waals surface area contributed by atoms with Crippen molar-refractivity contribution in [3.63, 3.8) is 0 Å². The maximum atomic E-state index is 11.2. The molecule has 0 bridgehead atoms. The van der Waals surface area contributed by atoms with Crippen molar-refractivity contribution >= 4 is 11.8 Å². The maximum absolute atomic E-state index is 11.2. The Kier molecular flexibility index (Phi) is 4.48. The molecular weight excluding hydrogens is 204 g/mol. The Bertz CT molecular complexity index is 340. The van der Waals surface area contributed by atoms with Crippen LogP contribution in [0, 0.1) is 0 Å². The van der Waals surface area contributed by atoms with Crippen LogP contribution in [0.1, 0.15) is 0 Å². The topological polar surface area (TPSA) is 64.2 Å². The first kappa shape index (κ1) is 11.1. The van der Waals surface area contributed by atoms with E-state index in [1.54, 1.807) is 7.11 Å². The molecule has 0 saturated heterocycles. The van der Waals surface area contributed by atoms with Gasteiger partial charge in [0.25, 0.3) is 5.56 Å². The van der Waals surface area contributed by atoms with E-state index in [4.69, 9.17) is 9.47 Å². The molecule has 0 spiro atoms. The van der Waals surface area contributed by atoms with Crippen molar-refractivity contribution in [3.8, 4) is 5.75 Å². The Morgan fingerprint density at radius 1 is 1.57 bits per heavy atom. The molecule has 0 radical (unpaired) electrons. The Labute approximate surface area is 85.8 Å². The summed E-state index contributed by atoms with van der Waals surface area (Å²) in [6.07, 6.45) is 1.41. The normalized spacial score (nSPS) is 10.1. The van der Waals surface area contributed by atoms with Gasteiger partial charge >= 0.3 is 0 Å². The summed E-state index contributed by atoms with van der Waals surface area (Å²) in [6, 6.07) is 0. The number of nitrogens with zero attached hydrogens (tertiary/aromatic N) is 1. The number of hydrogen-bond donors (Lipinski definition) is 1. The second-order valence-corrected chi connectivity index (χ2v) is 3.51. The Balaban J connectivity index is 2.62. The van der Waals surface area contributed by atoms with Crippen molar-refractivity contribution in [1.29, 1.82) is 0 Å². The maximum Gasteiger partial charge on any atom is 0.293 e. The molecule has 0 amide bonds. The average Bonchev–Trinajstić information content (AvgIpc) is 2.18. The van der Waals surface area contributed by atoms with E-state index in [9.17, 15) is 4.79 Å². The molecule has 1 N–H and O–H groups in total. The SMILES string of the molecule is COCCSc1ncc(OC)c(=O)[nH]1. The highest BCUT2D eigenvalue weighted by atomic mass is 32.2. The number of hydrogen-bond acceptors (Lipinski definition) is 5. The van der Waals surface area contributed by atoms with E-state index >= 15 is 0 Å². The van der Waals surface area contributed by atoms with E-state index in [1.807, 2.05) is 0 Å². The number of aromatic nitrogens is 2. The fourth-order valence-electron chi connectivity index (χ4n) is 0.807. The molecule has 1 aromatic heterocycles. The molecule has 6 heteroatoms. The van der Waals surface area contributed by atoms with Gasteiger partial charge in [-0.05, 0) is 0 Å². The van der Waals surface area contributed by atoms with Crippen molar-refractivity contribution in [2.24, 2.45) is 0 Å². The zero-order chi connectivity index (χ0) is 10.4. The van der Waals surface area contributed by atoms with Crippen LogP contribution in [0.25, 0.3) is 0 Å². The lowest BCUT2D eigenvalue weighted by Crippen LogP contribution is -2.11. The molecular formula is C8H12N2O3S. The van der Waals surface area contributed by atoms with Crippen LogP contribution in [-0.2, 0) is 4.74 Å². The van der Waals surface area contributed by atoms with Gasteiger partial charge in [-0.15, -0.1) is 0 Å². The quantitative estimate of drug-likeness (QED) is 0.441. The summed E-state index contributed by atoms with van der Waals surface area (Å²) < 4.78 is 9.66. The van der Waals surface area contributed by atoms with E-state index in [1.165, 1.54) is 25.1 Å². The van der Waals surface area contributed by atoms with Gasteiger partial charge in [0.05, 0.1) is 19.9 Å². The van der Waals surface area contributed by atoms with Gasteiger partial charge in [0, 0.05) is 12.9 Å². The Hall–Kier alpha value is -1.01. The first-order valence-electron chi connectivity index (χ1n) is 4.03. The molecule has 0 saturated carbocycles. The van der Waals surface area contributed by atoms with Crippen LogP contribution in [0.2, 0.25) is 0 Å². The molecule has 5 nitrogen and oxygen atoms in total. The highest BCUT2D eigenvalue weighted by Gasteiger charge is 2.01. The van der Waals surface area contributed by atoms with E-state index in [0.29, 0.717) is 11.8 Å². The zero-order valence-corrected chi connectivity index (χ0v) is 8.89. The molecule has 0 aromatic carbocycles. The third-order valence-electron chi connectivity index (χ3n) is 1.49. The van der Waals surface area contributed by atoms with Crippen LogP contribution >= 0.6 is 11.8 Å². The van der Waals surface area contributed by atoms with E-state index in [-0.39, 0.29) is 11.3 Å². The number of thioether (sulfide) groups is 1. The van der Waals surface area contributed by atoms with Gasteiger partial charge in [0.15, 0.2) is 5.16 Å². The number of nitrogens with one attached hydrogen (secondary N) is 1. The summed E-state index contributed by atoms with van der Waals surface area (Å²) in [5, 5.41) is 0.577. The summed E-state index contributed by atoms with van der Waals surface area (Å²) >= 11 is 1.43. The number of H-pyrrole nitrogens is 1. The molecule has 0 fully saturated rings. The summed E-state index contributed by atoms with van der Waals surface area (Å²) in [6.45, 7) is 0.625. The monoisotopic (exact) mass is 216 g/mol. The lowest BCUT2D eigenvalue weighted by molar-refractivity contribution is 0.218. The summed E-state index contributed by atoms with van der Waals surface area (Å²) in [5.74, 6) is 0.979. The van der Waals surface area contributed by atoms with Crippen LogP contribution in [0.4, 0.5) is 0 Å². The standard InChI is InChI=1S/C8H12N2O3S/c1-12-3-4-14-8-9-5-6(13-2)7(11)10-8/h5H,3-4H2,1-2H3,(H,9,10,11). The molecule has 14 heavy (non-hydrogen) atoms.